The molecule has 2 aromatic carbocycles. The maximum Gasteiger partial charge on any atom is 0.141 e. The number of rotatable bonds is 8. The van der Waals surface area contributed by atoms with Crippen LogP contribution in [0.5, 0.6) is 0 Å². The van der Waals surface area contributed by atoms with E-state index in [1.54, 1.807) is 21.6 Å². The van der Waals surface area contributed by atoms with Gasteiger partial charge in [-0.3, -0.25) is 0 Å². The van der Waals surface area contributed by atoms with Crippen LogP contribution in [-0.4, -0.2) is 20.3 Å². The summed E-state index contributed by atoms with van der Waals surface area (Å²) in [6, 6.07) is 20.4. The number of hydrogen-bond donors (Lipinski definition) is 0. The minimum atomic E-state index is 1.01. The molecule has 0 heterocycles. The lowest BCUT2D eigenvalue weighted by molar-refractivity contribution is 0.898. The van der Waals surface area contributed by atoms with E-state index in [0.29, 0.717) is 0 Å². The Morgan fingerprint density at radius 3 is 1.39 bits per heavy atom. The fraction of sp³-hybridized carbons (Fsp3) is 0.364. The topological polar surface area (TPSA) is 24.7 Å². The van der Waals surface area contributed by atoms with Crippen LogP contribution in [0.1, 0.15) is 39.5 Å². The van der Waals surface area contributed by atoms with Crippen LogP contribution in [0.15, 0.2) is 70.6 Å². The molecule has 0 saturated carbocycles. The molecular weight excluding hydrogens is 421 g/mol. The van der Waals surface area contributed by atoms with Gasteiger partial charge in [-0.05, 0) is 58.7 Å². The van der Waals surface area contributed by atoms with Gasteiger partial charge < -0.3 is 0 Å². The van der Waals surface area contributed by atoms with Crippen LogP contribution in [0.25, 0.3) is 0 Å². The van der Waals surface area contributed by atoms with Crippen LogP contribution in [-0.2, 0) is 0 Å². The Balaban J connectivity index is 2.08. The van der Waals surface area contributed by atoms with Crippen molar-refractivity contribution in [2.75, 3.05) is 11.5 Å². The lowest BCUT2D eigenvalue weighted by Crippen LogP contribution is -1.91. The smallest absolute Gasteiger partial charge is 0.141 e. The van der Waals surface area contributed by atoms with Crippen LogP contribution in [0.4, 0.5) is 11.4 Å². The second-order valence-corrected chi connectivity index (χ2v) is 10.8. The Bertz CT molecular complexity index is 654. The van der Waals surface area contributed by atoms with E-state index in [1.165, 1.54) is 25.7 Å². The molecule has 0 amide bonds. The van der Waals surface area contributed by atoms with Gasteiger partial charge in [-0.2, -0.15) is 0 Å². The third-order valence-electron chi connectivity index (χ3n) is 3.58. The first-order chi connectivity index (χ1) is 13.8. The minimum Gasteiger partial charge on any atom is -0.234 e. The fourth-order valence-electron chi connectivity index (χ4n) is 2.04. The molecule has 0 N–H and O–H groups in total. The first-order valence-corrected chi connectivity index (χ1v) is 13.8. The van der Waals surface area contributed by atoms with E-state index in [9.17, 15) is 0 Å². The average Bonchev–Trinajstić information content (AvgIpc) is 2.73. The summed E-state index contributed by atoms with van der Waals surface area (Å²) in [5.74, 6) is 2.20. The summed E-state index contributed by atoms with van der Waals surface area (Å²) >= 11 is 3.69. The van der Waals surface area contributed by atoms with Crippen molar-refractivity contribution in [3.05, 3.63) is 60.7 Å². The van der Waals surface area contributed by atoms with Crippen molar-refractivity contribution in [3.63, 3.8) is 0 Å². The summed E-state index contributed by atoms with van der Waals surface area (Å²) in [6.07, 6.45) is 4.83. The quantitative estimate of drug-likeness (QED) is 0.174. The van der Waals surface area contributed by atoms with Crippen LogP contribution in [0, 0.1) is 0 Å². The lowest BCUT2D eigenvalue weighted by Gasteiger charge is -2.08. The average molecular weight is 449 g/mol. The van der Waals surface area contributed by atoms with Crippen molar-refractivity contribution in [2.45, 2.75) is 39.5 Å². The number of aliphatic imine (C=N–C) groups is 2. The number of benzene rings is 2. The fourth-order valence-corrected chi connectivity index (χ4v) is 7.04. The van der Waals surface area contributed by atoms with E-state index < -0.39 is 0 Å². The Morgan fingerprint density at radius 2 is 1.04 bits per heavy atom. The van der Waals surface area contributed by atoms with E-state index in [4.69, 9.17) is 9.98 Å². The van der Waals surface area contributed by atoms with Gasteiger partial charge in [-0.1, -0.05) is 86.6 Å². The number of para-hydroxylation sites is 2. The molecule has 0 radical (unpaired) electrons. The van der Waals surface area contributed by atoms with Gasteiger partial charge in [-0.15, -0.1) is 0 Å². The highest BCUT2D eigenvalue weighted by Gasteiger charge is 2.09. The molecule has 0 unspecified atom stereocenters. The van der Waals surface area contributed by atoms with E-state index in [-0.39, 0.29) is 0 Å². The molecule has 2 nitrogen and oxygen atoms in total. The number of nitrogens with zero attached hydrogens (tertiary/aromatic N) is 2. The third-order valence-corrected chi connectivity index (χ3v) is 8.83. The van der Waals surface area contributed by atoms with Crippen LogP contribution < -0.4 is 0 Å². The van der Waals surface area contributed by atoms with Gasteiger partial charge in [0.1, 0.15) is 8.75 Å². The Labute approximate surface area is 186 Å². The molecule has 0 saturated heterocycles. The molecule has 0 aliphatic heterocycles. The maximum atomic E-state index is 4.86. The van der Waals surface area contributed by atoms with E-state index >= 15 is 0 Å². The molecule has 150 valence electrons. The van der Waals surface area contributed by atoms with E-state index in [2.05, 4.69) is 38.1 Å². The van der Waals surface area contributed by atoms with Gasteiger partial charge in [0.25, 0.3) is 0 Å². The zero-order valence-electron chi connectivity index (χ0n) is 16.5. The number of thioether (sulfide) groups is 2. The molecule has 0 fully saturated rings. The molecule has 0 aliphatic carbocycles. The Morgan fingerprint density at radius 1 is 0.643 bits per heavy atom. The second kappa shape index (κ2) is 15.1. The minimum absolute atomic E-state index is 1.01. The van der Waals surface area contributed by atoms with Crippen molar-refractivity contribution < 1.29 is 0 Å². The molecule has 28 heavy (non-hydrogen) atoms. The lowest BCUT2D eigenvalue weighted by atomic mass is 10.3. The first-order valence-electron chi connectivity index (χ1n) is 9.69. The third kappa shape index (κ3) is 10.1. The normalized spacial score (nSPS) is 12.4. The van der Waals surface area contributed by atoms with Crippen LogP contribution in [0.2, 0.25) is 0 Å². The van der Waals surface area contributed by atoms with Gasteiger partial charge in [-0.25, -0.2) is 9.98 Å². The van der Waals surface area contributed by atoms with Crippen molar-refractivity contribution in [1.29, 1.82) is 0 Å². The Hall–Kier alpha value is -0.820. The highest BCUT2D eigenvalue weighted by molar-refractivity contribution is 8.93. The Kier molecular flexibility index (Phi) is 12.6. The van der Waals surface area contributed by atoms with Gasteiger partial charge >= 0.3 is 0 Å². The number of unbranched alkanes of at least 4 members (excludes halogenated alkanes) is 2. The molecule has 2 aromatic rings. The molecule has 6 heteroatoms. The summed E-state index contributed by atoms with van der Waals surface area (Å²) in [5, 5.41) is 0. The first kappa shape index (κ1) is 23.5. The predicted molar refractivity (Wildman–Crippen MR) is 137 cm³/mol. The summed E-state index contributed by atoms with van der Waals surface area (Å²) in [6.45, 7) is 4.46. The SMILES string of the molecule is CCCCSC(=Nc1ccccc1)SSC(=Nc1ccccc1)SCCCC. The van der Waals surface area contributed by atoms with Crippen LogP contribution >= 0.6 is 45.1 Å². The molecule has 2 rings (SSSR count). The molecular formula is C22H28N2S4. The summed E-state index contributed by atoms with van der Waals surface area (Å²) in [4.78, 5) is 9.73. The van der Waals surface area contributed by atoms with Gasteiger partial charge in [0.15, 0.2) is 0 Å². The largest absolute Gasteiger partial charge is 0.234 e. The van der Waals surface area contributed by atoms with Crippen molar-refractivity contribution in [3.8, 4) is 0 Å². The van der Waals surface area contributed by atoms with Gasteiger partial charge in [0.2, 0.25) is 0 Å². The highest BCUT2D eigenvalue weighted by atomic mass is 33.1. The summed E-state index contributed by atoms with van der Waals surface area (Å²) in [7, 11) is 3.46. The monoisotopic (exact) mass is 448 g/mol. The molecule has 0 aromatic heterocycles. The standard InChI is InChI=1S/C22H28N2S4/c1-3-5-17-25-21(23-19-13-9-7-10-14-19)27-28-22(26-18-6-4-2)24-20-15-11-8-12-16-20/h7-16H,3-6,17-18H2,1-2H3. The van der Waals surface area contributed by atoms with Crippen molar-refractivity contribution >= 4 is 65.2 Å². The summed E-state index contributed by atoms with van der Waals surface area (Å²) < 4.78 is 2.20. The predicted octanol–water partition coefficient (Wildman–Crippen LogP) is 8.81. The molecule has 0 bridgehead atoms. The zero-order chi connectivity index (χ0) is 19.9. The van der Waals surface area contributed by atoms with Crippen molar-refractivity contribution in [1.82, 2.24) is 0 Å². The zero-order valence-corrected chi connectivity index (χ0v) is 19.8. The van der Waals surface area contributed by atoms with E-state index in [0.717, 1.165) is 31.6 Å². The molecule has 0 spiro atoms. The van der Waals surface area contributed by atoms with Gasteiger partial charge in [0, 0.05) is 11.5 Å². The number of hydrogen-bond acceptors (Lipinski definition) is 6. The molecule has 0 atom stereocenters. The maximum absolute atomic E-state index is 4.86. The highest BCUT2D eigenvalue weighted by Crippen LogP contribution is 2.37. The van der Waals surface area contributed by atoms with Crippen LogP contribution in [0.3, 0.4) is 0 Å². The second-order valence-electron chi connectivity index (χ2n) is 6.00. The summed E-state index contributed by atoms with van der Waals surface area (Å²) in [5.41, 5.74) is 2.02. The van der Waals surface area contributed by atoms with E-state index in [1.807, 2.05) is 59.9 Å². The van der Waals surface area contributed by atoms with Crippen molar-refractivity contribution in [2.24, 2.45) is 9.98 Å². The van der Waals surface area contributed by atoms with Gasteiger partial charge in [0.05, 0.1) is 11.4 Å². The molecule has 0 aliphatic rings.